The van der Waals surface area contributed by atoms with Crippen LogP contribution < -0.4 is 11.1 Å². The number of piperidine rings is 1. The summed E-state index contributed by atoms with van der Waals surface area (Å²) in [4.78, 5) is 14.6. The maximum atomic E-state index is 12.1. The second-order valence-corrected chi connectivity index (χ2v) is 6.18. The summed E-state index contributed by atoms with van der Waals surface area (Å²) in [7, 11) is 0. The van der Waals surface area contributed by atoms with Crippen molar-refractivity contribution in [2.45, 2.75) is 51.1 Å². The summed E-state index contributed by atoms with van der Waals surface area (Å²) in [6.45, 7) is 5.03. The van der Waals surface area contributed by atoms with Gasteiger partial charge in [-0.15, -0.1) is 24.8 Å². The Bertz CT molecular complexity index is 459. The number of hydrogen-bond acceptors (Lipinski definition) is 3. The molecule has 3 N–H and O–H groups in total. The molecule has 0 aromatic heterocycles. The van der Waals surface area contributed by atoms with Gasteiger partial charge in [0.05, 0.1) is 6.04 Å². The number of rotatable bonds is 7. The first-order valence-electron chi connectivity index (χ1n) is 8.52. The minimum Gasteiger partial charge on any atom is -0.353 e. The van der Waals surface area contributed by atoms with Gasteiger partial charge in [-0.3, -0.25) is 9.69 Å². The van der Waals surface area contributed by atoms with Crippen LogP contribution in [0.5, 0.6) is 0 Å². The van der Waals surface area contributed by atoms with Crippen LogP contribution in [0.1, 0.15) is 38.2 Å². The van der Waals surface area contributed by atoms with E-state index in [-0.39, 0.29) is 30.7 Å². The average molecular weight is 376 g/mol. The molecule has 6 heteroatoms. The topological polar surface area (TPSA) is 58.4 Å². The SMILES string of the molecule is CCC1CCCCN1CCNC(=O)C(N)Cc1ccccc1.Cl.Cl. The third-order valence-corrected chi connectivity index (χ3v) is 4.55. The van der Waals surface area contributed by atoms with Crippen molar-refractivity contribution >= 4 is 30.7 Å². The first kappa shape index (κ1) is 23.2. The molecule has 1 aliphatic rings. The van der Waals surface area contributed by atoms with Gasteiger partial charge >= 0.3 is 0 Å². The predicted molar refractivity (Wildman–Crippen MR) is 105 cm³/mol. The molecule has 1 aromatic rings. The number of nitrogens with two attached hydrogens (primary N) is 1. The average Bonchev–Trinajstić information content (AvgIpc) is 2.56. The zero-order valence-electron chi connectivity index (χ0n) is 14.4. The van der Waals surface area contributed by atoms with Crippen molar-refractivity contribution in [2.75, 3.05) is 19.6 Å². The highest BCUT2D eigenvalue weighted by Crippen LogP contribution is 2.18. The van der Waals surface area contributed by atoms with Crippen LogP contribution in [0.3, 0.4) is 0 Å². The minimum absolute atomic E-state index is 0. The Labute approximate surface area is 158 Å². The normalized spacial score (nSPS) is 18.8. The highest BCUT2D eigenvalue weighted by Gasteiger charge is 2.20. The standard InChI is InChI=1S/C18H29N3O.2ClH/c1-2-16-10-6-7-12-21(16)13-11-20-18(22)17(19)14-15-8-4-3-5-9-15;;/h3-5,8-9,16-17H,2,6-7,10-14,19H2,1H3,(H,20,22);2*1H. The Balaban J connectivity index is 0.00000264. The molecule has 2 rings (SSSR count). The molecule has 2 unspecified atom stereocenters. The molecule has 0 bridgehead atoms. The van der Waals surface area contributed by atoms with Gasteiger partial charge in [-0.1, -0.05) is 43.7 Å². The van der Waals surface area contributed by atoms with Gasteiger partial charge < -0.3 is 11.1 Å². The zero-order valence-corrected chi connectivity index (χ0v) is 16.1. The molecule has 1 saturated heterocycles. The van der Waals surface area contributed by atoms with Crippen molar-refractivity contribution in [1.82, 2.24) is 10.2 Å². The number of carbonyl (C=O) groups excluding carboxylic acids is 1. The fourth-order valence-corrected chi connectivity index (χ4v) is 3.23. The highest BCUT2D eigenvalue weighted by atomic mass is 35.5. The maximum absolute atomic E-state index is 12.1. The maximum Gasteiger partial charge on any atom is 0.237 e. The van der Waals surface area contributed by atoms with Gasteiger partial charge in [-0.25, -0.2) is 0 Å². The summed E-state index contributed by atoms with van der Waals surface area (Å²) in [5.41, 5.74) is 7.10. The lowest BCUT2D eigenvalue weighted by Crippen LogP contribution is -2.47. The van der Waals surface area contributed by atoms with E-state index in [4.69, 9.17) is 5.73 Å². The number of benzene rings is 1. The van der Waals surface area contributed by atoms with E-state index in [1.165, 1.54) is 25.7 Å². The lowest BCUT2D eigenvalue weighted by atomic mass is 10.0. The second kappa shape index (κ2) is 12.5. The molecular formula is C18H31Cl2N3O. The van der Waals surface area contributed by atoms with Gasteiger partial charge in [-0.05, 0) is 37.8 Å². The summed E-state index contributed by atoms with van der Waals surface area (Å²) >= 11 is 0. The molecule has 1 aliphatic heterocycles. The van der Waals surface area contributed by atoms with Crippen molar-refractivity contribution < 1.29 is 4.79 Å². The molecule has 1 heterocycles. The Kier molecular flexibility index (Phi) is 12.1. The molecule has 24 heavy (non-hydrogen) atoms. The van der Waals surface area contributed by atoms with Gasteiger partial charge in [-0.2, -0.15) is 0 Å². The van der Waals surface area contributed by atoms with Crippen LogP contribution in [0.2, 0.25) is 0 Å². The number of amides is 1. The molecular weight excluding hydrogens is 345 g/mol. The fourth-order valence-electron chi connectivity index (χ4n) is 3.23. The van der Waals surface area contributed by atoms with Crippen LogP contribution in [-0.4, -0.2) is 42.5 Å². The summed E-state index contributed by atoms with van der Waals surface area (Å²) in [5.74, 6) is -0.0473. The zero-order chi connectivity index (χ0) is 15.8. The Morgan fingerprint density at radius 2 is 2.00 bits per heavy atom. The van der Waals surface area contributed by atoms with E-state index in [2.05, 4.69) is 17.1 Å². The molecule has 0 saturated carbocycles. The van der Waals surface area contributed by atoms with Crippen LogP contribution in [0.15, 0.2) is 30.3 Å². The minimum atomic E-state index is -0.467. The number of carbonyl (C=O) groups is 1. The van der Waals surface area contributed by atoms with E-state index in [1.54, 1.807) is 0 Å². The fraction of sp³-hybridized carbons (Fsp3) is 0.611. The summed E-state index contributed by atoms with van der Waals surface area (Å²) in [5, 5.41) is 2.99. The number of hydrogen-bond donors (Lipinski definition) is 2. The van der Waals surface area contributed by atoms with Gasteiger partial charge in [0.25, 0.3) is 0 Å². The molecule has 0 aliphatic carbocycles. The Morgan fingerprint density at radius 3 is 2.67 bits per heavy atom. The monoisotopic (exact) mass is 375 g/mol. The molecule has 1 amide bonds. The number of nitrogens with one attached hydrogen (secondary N) is 1. The van der Waals surface area contributed by atoms with Crippen LogP contribution >= 0.6 is 24.8 Å². The van der Waals surface area contributed by atoms with E-state index in [1.807, 2.05) is 30.3 Å². The number of halogens is 2. The van der Waals surface area contributed by atoms with E-state index < -0.39 is 6.04 Å². The van der Waals surface area contributed by atoms with Crippen LogP contribution in [0.4, 0.5) is 0 Å². The smallest absolute Gasteiger partial charge is 0.237 e. The molecule has 1 fully saturated rings. The second-order valence-electron chi connectivity index (χ2n) is 6.18. The molecule has 4 nitrogen and oxygen atoms in total. The van der Waals surface area contributed by atoms with Crippen LogP contribution in [0, 0.1) is 0 Å². The van der Waals surface area contributed by atoms with Gasteiger partial charge in [0.15, 0.2) is 0 Å². The Morgan fingerprint density at radius 1 is 1.29 bits per heavy atom. The first-order valence-corrected chi connectivity index (χ1v) is 8.52. The van der Waals surface area contributed by atoms with Gasteiger partial charge in [0.1, 0.15) is 0 Å². The number of nitrogens with zero attached hydrogens (tertiary/aromatic N) is 1. The van der Waals surface area contributed by atoms with E-state index >= 15 is 0 Å². The third-order valence-electron chi connectivity index (χ3n) is 4.55. The Hall–Kier alpha value is -0.810. The summed E-state index contributed by atoms with van der Waals surface area (Å²) in [6.07, 6.45) is 5.69. The third kappa shape index (κ3) is 7.39. The van der Waals surface area contributed by atoms with Crippen molar-refractivity contribution in [1.29, 1.82) is 0 Å². The van der Waals surface area contributed by atoms with Crippen LogP contribution in [0.25, 0.3) is 0 Å². The highest BCUT2D eigenvalue weighted by molar-refractivity contribution is 5.85. The van der Waals surface area contributed by atoms with E-state index in [0.717, 1.165) is 18.7 Å². The molecule has 0 spiro atoms. The predicted octanol–water partition coefficient (Wildman–Crippen LogP) is 2.78. The van der Waals surface area contributed by atoms with Gasteiger partial charge in [0.2, 0.25) is 5.91 Å². The lowest BCUT2D eigenvalue weighted by Gasteiger charge is -2.35. The van der Waals surface area contributed by atoms with E-state index in [0.29, 0.717) is 19.0 Å². The van der Waals surface area contributed by atoms with Crippen molar-refractivity contribution in [3.05, 3.63) is 35.9 Å². The molecule has 138 valence electrons. The van der Waals surface area contributed by atoms with E-state index in [9.17, 15) is 4.79 Å². The van der Waals surface area contributed by atoms with Crippen LogP contribution in [-0.2, 0) is 11.2 Å². The number of likely N-dealkylation sites (tertiary alicyclic amines) is 1. The first-order chi connectivity index (χ1) is 10.7. The van der Waals surface area contributed by atoms with Gasteiger partial charge in [0, 0.05) is 19.1 Å². The quantitative estimate of drug-likeness (QED) is 0.770. The summed E-state index contributed by atoms with van der Waals surface area (Å²) < 4.78 is 0. The summed E-state index contributed by atoms with van der Waals surface area (Å²) in [6, 6.07) is 10.1. The largest absolute Gasteiger partial charge is 0.353 e. The lowest BCUT2D eigenvalue weighted by molar-refractivity contribution is -0.122. The molecule has 0 radical (unpaired) electrons. The van der Waals surface area contributed by atoms with Crippen molar-refractivity contribution in [2.24, 2.45) is 5.73 Å². The van der Waals surface area contributed by atoms with Crippen molar-refractivity contribution in [3.8, 4) is 0 Å². The van der Waals surface area contributed by atoms with Crippen molar-refractivity contribution in [3.63, 3.8) is 0 Å². The molecule has 2 atom stereocenters. The molecule has 1 aromatic carbocycles.